The fourth-order valence-corrected chi connectivity index (χ4v) is 11.0. The first-order valence-electron chi connectivity index (χ1n) is 20.2. The summed E-state index contributed by atoms with van der Waals surface area (Å²) >= 11 is 1.87. The van der Waals surface area contributed by atoms with Crippen LogP contribution >= 0.6 is 11.3 Å². The highest BCUT2D eigenvalue weighted by atomic mass is 32.1. The Kier molecular flexibility index (Phi) is 6.92. The molecule has 0 atom stereocenters. The first-order chi connectivity index (χ1) is 29.2. The van der Waals surface area contributed by atoms with E-state index in [2.05, 4.69) is 216 Å². The second-order valence-electron chi connectivity index (χ2n) is 15.8. The molecule has 0 saturated carbocycles. The van der Waals surface area contributed by atoms with Gasteiger partial charge in [-0.15, -0.1) is 11.3 Å². The van der Waals surface area contributed by atoms with Gasteiger partial charge >= 0.3 is 0 Å². The fraction of sp³-hybridized carbons (Fsp3) is 0. The van der Waals surface area contributed by atoms with Crippen molar-refractivity contribution in [2.45, 2.75) is 0 Å². The van der Waals surface area contributed by atoms with Gasteiger partial charge < -0.3 is 9.80 Å². The molecular formula is C56H34N2S. The molecule has 0 N–H and O–H groups in total. The smallest absolute Gasteiger partial charge is 0.0476 e. The number of rotatable bonds is 6. The summed E-state index contributed by atoms with van der Waals surface area (Å²) in [7, 11) is 0. The summed E-state index contributed by atoms with van der Waals surface area (Å²) in [5.74, 6) is 0. The van der Waals surface area contributed by atoms with Gasteiger partial charge in [-0.3, -0.25) is 0 Å². The van der Waals surface area contributed by atoms with Crippen LogP contribution in [0.5, 0.6) is 0 Å². The summed E-state index contributed by atoms with van der Waals surface area (Å²) in [6.45, 7) is 0. The molecule has 0 saturated heterocycles. The molecule has 1 aromatic heterocycles. The third-order valence-electron chi connectivity index (χ3n) is 12.4. The van der Waals surface area contributed by atoms with Crippen LogP contribution in [0.15, 0.2) is 206 Å². The summed E-state index contributed by atoms with van der Waals surface area (Å²) in [6, 6.07) is 76.4. The standard InChI is InChI=1S/C56H34N2S/c1-3-13-43(14-4-1)57(47-29-39-21-17-35-9-7-10-36-18-22-40(30-47)55(39)53(35)36)45-25-27-49-50-28-26-46(34-52(50)59-51(49)33-45)58(44-15-5-2-6-16-44)48-31-41-23-19-37-11-8-12-38-20-24-42(32-48)56(41)54(37)38/h1-34H. The SMILES string of the molecule is c1ccc(N(c2cc3ccc4cccc5ccc(c2)c3c45)c2ccc3c(c2)sc2cc(N(c4ccccc4)c4cc5ccc6cccc7ccc(c4)c5c67)ccc23)cc1. The molecule has 12 aromatic carbocycles. The van der Waals surface area contributed by atoms with E-state index in [4.69, 9.17) is 0 Å². The minimum Gasteiger partial charge on any atom is -0.310 e. The van der Waals surface area contributed by atoms with Crippen LogP contribution in [-0.4, -0.2) is 0 Å². The first kappa shape index (κ1) is 32.6. The lowest BCUT2D eigenvalue weighted by Crippen LogP contribution is -2.10. The predicted molar refractivity (Wildman–Crippen MR) is 256 cm³/mol. The van der Waals surface area contributed by atoms with Crippen LogP contribution in [0.4, 0.5) is 34.1 Å². The molecule has 0 aliphatic heterocycles. The van der Waals surface area contributed by atoms with Gasteiger partial charge in [0.2, 0.25) is 0 Å². The number of hydrogen-bond donors (Lipinski definition) is 0. The average molecular weight is 767 g/mol. The van der Waals surface area contributed by atoms with Gasteiger partial charge in [0.25, 0.3) is 0 Å². The van der Waals surface area contributed by atoms with Crippen LogP contribution in [0.25, 0.3) is 84.8 Å². The third-order valence-corrected chi connectivity index (χ3v) is 13.5. The van der Waals surface area contributed by atoms with Crippen LogP contribution in [0.3, 0.4) is 0 Å². The predicted octanol–water partition coefficient (Wildman–Crippen LogP) is 16.8. The first-order valence-corrected chi connectivity index (χ1v) is 21.1. The lowest BCUT2D eigenvalue weighted by molar-refractivity contribution is 1.30. The maximum absolute atomic E-state index is 2.41. The molecule has 0 spiro atoms. The maximum Gasteiger partial charge on any atom is 0.0476 e. The lowest BCUT2D eigenvalue weighted by Gasteiger charge is -2.26. The van der Waals surface area contributed by atoms with Crippen molar-refractivity contribution in [1.29, 1.82) is 0 Å². The van der Waals surface area contributed by atoms with E-state index < -0.39 is 0 Å². The molecule has 0 fully saturated rings. The van der Waals surface area contributed by atoms with Gasteiger partial charge in [0.05, 0.1) is 0 Å². The fourth-order valence-electron chi connectivity index (χ4n) is 9.81. The summed E-state index contributed by atoms with van der Waals surface area (Å²) in [4.78, 5) is 4.82. The Morgan fingerprint density at radius 3 is 0.949 bits per heavy atom. The van der Waals surface area contributed by atoms with Crippen LogP contribution in [-0.2, 0) is 0 Å². The van der Waals surface area contributed by atoms with E-state index in [1.54, 1.807) is 0 Å². The Morgan fingerprint density at radius 1 is 0.237 bits per heavy atom. The maximum atomic E-state index is 2.41. The zero-order valence-electron chi connectivity index (χ0n) is 31.9. The zero-order valence-corrected chi connectivity index (χ0v) is 32.7. The molecule has 13 rings (SSSR count). The second-order valence-corrected chi connectivity index (χ2v) is 16.8. The van der Waals surface area contributed by atoms with E-state index in [0.29, 0.717) is 0 Å². The number of benzene rings is 12. The molecule has 59 heavy (non-hydrogen) atoms. The number of para-hydroxylation sites is 2. The molecule has 1 heterocycles. The second kappa shape index (κ2) is 12.5. The molecule has 274 valence electrons. The van der Waals surface area contributed by atoms with E-state index >= 15 is 0 Å². The molecule has 3 heteroatoms. The van der Waals surface area contributed by atoms with E-state index in [1.807, 2.05) is 11.3 Å². The number of thiophene rings is 1. The molecular weight excluding hydrogens is 733 g/mol. The number of fused-ring (bicyclic) bond motifs is 3. The minimum atomic E-state index is 1.13. The normalized spacial score (nSPS) is 12.1. The Hall–Kier alpha value is -7.46. The van der Waals surface area contributed by atoms with Gasteiger partial charge in [-0.2, -0.15) is 0 Å². The summed E-state index contributed by atoms with van der Waals surface area (Å²) in [6.07, 6.45) is 0. The Morgan fingerprint density at radius 2 is 0.576 bits per heavy atom. The van der Waals surface area contributed by atoms with Crippen molar-refractivity contribution in [3.8, 4) is 0 Å². The molecule has 13 aromatic rings. The quantitative estimate of drug-likeness (QED) is 0.156. The van der Waals surface area contributed by atoms with Crippen molar-refractivity contribution < 1.29 is 0 Å². The van der Waals surface area contributed by atoms with Crippen LogP contribution < -0.4 is 9.80 Å². The Bertz CT molecular complexity index is 3360. The van der Waals surface area contributed by atoms with Gasteiger partial charge in [-0.25, -0.2) is 0 Å². The van der Waals surface area contributed by atoms with Crippen molar-refractivity contribution >= 4 is 130 Å². The monoisotopic (exact) mass is 766 g/mol. The highest BCUT2D eigenvalue weighted by Gasteiger charge is 2.20. The largest absolute Gasteiger partial charge is 0.310 e. The van der Waals surface area contributed by atoms with E-state index in [9.17, 15) is 0 Å². The Labute approximate surface area is 344 Å². The van der Waals surface area contributed by atoms with Crippen molar-refractivity contribution in [3.05, 3.63) is 206 Å². The van der Waals surface area contributed by atoms with Gasteiger partial charge in [0.15, 0.2) is 0 Å². The van der Waals surface area contributed by atoms with Crippen molar-refractivity contribution in [1.82, 2.24) is 0 Å². The van der Waals surface area contributed by atoms with Crippen LogP contribution in [0, 0.1) is 0 Å². The minimum absolute atomic E-state index is 1.13. The average Bonchev–Trinajstić information content (AvgIpc) is 3.65. The number of hydrogen-bond acceptors (Lipinski definition) is 3. The van der Waals surface area contributed by atoms with Crippen LogP contribution in [0.2, 0.25) is 0 Å². The zero-order chi connectivity index (χ0) is 38.6. The van der Waals surface area contributed by atoms with Gasteiger partial charge in [0.1, 0.15) is 0 Å². The highest BCUT2D eigenvalue weighted by molar-refractivity contribution is 7.25. The third kappa shape index (κ3) is 4.99. The van der Waals surface area contributed by atoms with Gasteiger partial charge in [-0.05, 0) is 137 Å². The number of nitrogens with zero attached hydrogens (tertiary/aromatic N) is 2. The molecule has 0 radical (unpaired) electrons. The molecule has 0 aliphatic rings. The topological polar surface area (TPSA) is 6.48 Å². The van der Waals surface area contributed by atoms with Crippen molar-refractivity contribution in [2.24, 2.45) is 0 Å². The summed E-state index contributed by atoms with van der Waals surface area (Å²) < 4.78 is 2.53. The van der Waals surface area contributed by atoms with E-state index in [1.165, 1.54) is 84.8 Å². The summed E-state index contributed by atoms with van der Waals surface area (Å²) in [5.41, 5.74) is 6.85. The molecule has 0 unspecified atom stereocenters. The van der Waals surface area contributed by atoms with Crippen molar-refractivity contribution in [2.75, 3.05) is 9.80 Å². The van der Waals surface area contributed by atoms with E-state index in [0.717, 1.165) is 34.1 Å². The molecule has 2 nitrogen and oxygen atoms in total. The lowest BCUT2D eigenvalue weighted by atomic mass is 9.93. The highest BCUT2D eigenvalue weighted by Crippen LogP contribution is 2.46. The molecule has 0 bridgehead atoms. The molecule has 0 amide bonds. The van der Waals surface area contributed by atoms with Gasteiger partial charge in [-0.1, -0.05) is 133 Å². The molecule has 0 aliphatic carbocycles. The van der Waals surface area contributed by atoms with Gasteiger partial charge in [0, 0.05) is 54.3 Å². The van der Waals surface area contributed by atoms with Crippen LogP contribution in [0.1, 0.15) is 0 Å². The van der Waals surface area contributed by atoms with E-state index in [-0.39, 0.29) is 0 Å². The number of anilines is 6. The Balaban J connectivity index is 0.956. The summed E-state index contributed by atoms with van der Waals surface area (Å²) in [5, 5.41) is 18.1. The van der Waals surface area contributed by atoms with Crippen molar-refractivity contribution in [3.63, 3.8) is 0 Å².